The molecule has 4 heteroatoms. The summed E-state index contributed by atoms with van der Waals surface area (Å²) in [5.41, 5.74) is 3.25. The number of nitrogens with zero attached hydrogens (tertiary/aromatic N) is 1. The molecular formula is C18H14ClNO2. The molecule has 0 aliphatic carbocycles. The molecule has 1 N–H and O–H groups in total. The van der Waals surface area contributed by atoms with E-state index in [1.165, 1.54) is 0 Å². The van der Waals surface area contributed by atoms with Gasteiger partial charge in [-0.1, -0.05) is 23.7 Å². The number of phenols is 1. The highest BCUT2D eigenvalue weighted by Gasteiger charge is 2.07. The molecule has 0 saturated heterocycles. The van der Waals surface area contributed by atoms with Crippen molar-refractivity contribution in [2.75, 3.05) is 7.11 Å². The number of aromatic hydroxyl groups is 1. The number of halogens is 1. The lowest BCUT2D eigenvalue weighted by Crippen LogP contribution is -1.89. The second-order valence-electron chi connectivity index (χ2n) is 4.83. The average Bonchev–Trinajstić information content (AvgIpc) is 2.54. The van der Waals surface area contributed by atoms with Crippen LogP contribution in [0, 0.1) is 0 Å². The van der Waals surface area contributed by atoms with Crippen LogP contribution >= 0.6 is 11.6 Å². The van der Waals surface area contributed by atoms with Crippen molar-refractivity contribution in [3.8, 4) is 34.0 Å². The van der Waals surface area contributed by atoms with Gasteiger partial charge in [-0.25, -0.2) is 4.98 Å². The fourth-order valence-electron chi connectivity index (χ4n) is 2.22. The molecule has 0 fully saturated rings. The van der Waals surface area contributed by atoms with E-state index in [0.29, 0.717) is 10.7 Å². The first-order valence-electron chi connectivity index (χ1n) is 6.77. The summed E-state index contributed by atoms with van der Waals surface area (Å²) >= 11 is 6.22. The summed E-state index contributed by atoms with van der Waals surface area (Å²) in [6.07, 6.45) is 0. The second-order valence-corrected chi connectivity index (χ2v) is 5.27. The van der Waals surface area contributed by atoms with Crippen LogP contribution in [0.3, 0.4) is 0 Å². The zero-order valence-electron chi connectivity index (χ0n) is 12.0. The van der Waals surface area contributed by atoms with Gasteiger partial charge >= 0.3 is 0 Å². The highest BCUT2D eigenvalue weighted by Crippen LogP contribution is 2.29. The smallest absolute Gasteiger partial charge is 0.118 e. The van der Waals surface area contributed by atoms with Gasteiger partial charge in [-0.2, -0.15) is 0 Å². The van der Waals surface area contributed by atoms with Crippen molar-refractivity contribution < 1.29 is 9.84 Å². The quantitative estimate of drug-likeness (QED) is 0.756. The first-order valence-corrected chi connectivity index (χ1v) is 7.15. The molecule has 1 heterocycles. The molecular weight excluding hydrogens is 298 g/mol. The largest absolute Gasteiger partial charge is 0.508 e. The molecule has 110 valence electrons. The number of hydrogen-bond acceptors (Lipinski definition) is 3. The molecule has 0 aliphatic heterocycles. The van der Waals surface area contributed by atoms with Crippen LogP contribution in [0.1, 0.15) is 0 Å². The Hall–Kier alpha value is -2.52. The van der Waals surface area contributed by atoms with Gasteiger partial charge in [0.15, 0.2) is 0 Å². The molecule has 22 heavy (non-hydrogen) atoms. The van der Waals surface area contributed by atoms with Crippen molar-refractivity contribution >= 4 is 11.6 Å². The highest BCUT2D eigenvalue weighted by molar-refractivity contribution is 6.31. The molecule has 0 atom stereocenters. The van der Waals surface area contributed by atoms with Crippen molar-refractivity contribution in [1.82, 2.24) is 4.98 Å². The van der Waals surface area contributed by atoms with Crippen molar-refractivity contribution in [2.45, 2.75) is 0 Å². The summed E-state index contributed by atoms with van der Waals surface area (Å²) in [6, 6.07) is 18.2. The van der Waals surface area contributed by atoms with E-state index in [2.05, 4.69) is 4.98 Å². The standard InChI is InChI=1S/C18H14ClNO2/c1-22-16-7-5-12(6-8-16)17-10-14(19)11-18(20-17)13-3-2-4-15(21)9-13/h2-11,21H,1H3. The average molecular weight is 312 g/mol. The summed E-state index contributed by atoms with van der Waals surface area (Å²) < 4.78 is 5.16. The molecule has 2 aromatic carbocycles. The lowest BCUT2D eigenvalue weighted by atomic mass is 10.1. The third kappa shape index (κ3) is 3.05. The minimum atomic E-state index is 0.199. The minimum absolute atomic E-state index is 0.199. The maximum atomic E-state index is 9.61. The van der Waals surface area contributed by atoms with Crippen molar-refractivity contribution in [3.05, 3.63) is 65.7 Å². The summed E-state index contributed by atoms with van der Waals surface area (Å²) in [5, 5.41) is 10.2. The van der Waals surface area contributed by atoms with E-state index < -0.39 is 0 Å². The van der Waals surface area contributed by atoms with Gasteiger partial charge in [-0.3, -0.25) is 0 Å². The molecule has 0 bridgehead atoms. The Balaban J connectivity index is 2.06. The monoisotopic (exact) mass is 311 g/mol. The van der Waals surface area contributed by atoms with Gasteiger partial charge in [0.25, 0.3) is 0 Å². The van der Waals surface area contributed by atoms with E-state index in [1.807, 2.05) is 36.4 Å². The molecule has 0 saturated carbocycles. The Labute approximate surface area is 133 Å². The third-order valence-corrected chi connectivity index (χ3v) is 3.54. The van der Waals surface area contributed by atoms with Crippen LogP contribution in [0.2, 0.25) is 5.02 Å². The molecule has 0 aliphatic rings. The number of pyridine rings is 1. The Bertz CT molecular complexity index is 800. The zero-order valence-corrected chi connectivity index (χ0v) is 12.7. The minimum Gasteiger partial charge on any atom is -0.508 e. The Morgan fingerprint density at radius 3 is 2.23 bits per heavy atom. The Morgan fingerprint density at radius 2 is 1.59 bits per heavy atom. The van der Waals surface area contributed by atoms with Crippen LogP contribution in [-0.4, -0.2) is 17.2 Å². The maximum Gasteiger partial charge on any atom is 0.118 e. The number of phenolic OH excluding ortho intramolecular Hbond substituents is 1. The molecule has 0 spiro atoms. The molecule has 3 nitrogen and oxygen atoms in total. The van der Waals surface area contributed by atoms with Gasteiger partial charge in [-0.15, -0.1) is 0 Å². The maximum absolute atomic E-state index is 9.61. The molecule has 0 unspecified atom stereocenters. The van der Waals surface area contributed by atoms with Gasteiger partial charge in [0.1, 0.15) is 11.5 Å². The fourth-order valence-corrected chi connectivity index (χ4v) is 2.43. The first-order chi connectivity index (χ1) is 10.7. The summed E-state index contributed by atoms with van der Waals surface area (Å²) in [4.78, 5) is 4.63. The highest BCUT2D eigenvalue weighted by atomic mass is 35.5. The van der Waals surface area contributed by atoms with Gasteiger partial charge in [0, 0.05) is 16.1 Å². The van der Waals surface area contributed by atoms with Crippen LogP contribution in [0.4, 0.5) is 0 Å². The van der Waals surface area contributed by atoms with Crippen LogP contribution in [-0.2, 0) is 0 Å². The van der Waals surface area contributed by atoms with E-state index in [1.54, 1.807) is 31.4 Å². The predicted octanol–water partition coefficient (Wildman–Crippen LogP) is 4.78. The zero-order chi connectivity index (χ0) is 15.5. The molecule has 3 aromatic rings. The fraction of sp³-hybridized carbons (Fsp3) is 0.0556. The molecule has 1 aromatic heterocycles. The number of methoxy groups -OCH3 is 1. The van der Waals surface area contributed by atoms with Crippen molar-refractivity contribution in [2.24, 2.45) is 0 Å². The first kappa shape index (κ1) is 14.4. The van der Waals surface area contributed by atoms with E-state index in [9.17, 15) is 5.11 Å². The molecule has 3 rings (SSSR count). The number of ether oxygens (including phenoxy) is 1. The van der Waals surface area contributed by atoms with E-state index in [0.717, 1.165) is 22.6 Å². The van der Waals surface area contributed by atoms with E-state index >= 15 is 0 Å². The van der Waals surface area contributed by atoms with Gasteiger partial charge < -0.3 is 9.84 Å². The summed E-state index contributed by atoms with van der Waals surface area (Å²) in [5.74, 6) is 0.990. The number of hydrogen-bond donors (Lipinski definition) is 1. The van der Waals surface area contributed by atoms with Gasteiger partial charge in [0.2, 0.25) is 0 Å². The normalized spacial score (nSPS) is 10.5. The lowest BCUT2D eigenvalue weighted by molar-refractivity contribution is 0.415. The number of aromatic nitrogens is 1. The third-order valence-electron chi connectivity index (χ3n) is 3.32. The van der Waals surface area contributed by atoms with E-state index in [-0.39, 0.29) is 5.75 Å². The van der Waals surface area contributed by atoms with Crippen LogP contribution in [0.15, 0.2) is 60.7 Å². The van der Waals surface area contributed by atoms with E-state index in [4.69, 9.17) is 16.3 Å². The topological polar surface area (TPSA) is 42.4 Å². The van der Waals surface area contributed by atoms with Crippen molar-refractivity contribution in [1.29, 1.82) is 0 Å². The lowest BCUT2D eigenvalue weighted by Gasteiger charge is -2.08. The van der Waals surface area contributed by atoms with Gasteiger partial charge in [-0.05, 0) is 48.5 Å². The van der Waals surface area contributed by atoms with Crippen LogP contribution < -0.4 is 4.74 Å². The van der Waals surface area contributed by atoms with Gasteiger partial charge in [0.05, 0.1) is 18.5 Å². The van der Waals surface area contributed by atoms with Crippen LogP contribution in [0.25, 0.3) is 22.5 Å². The molecule has 0 amide bonds. The SMILES string of the molecule is COc1ccc(-c2cc(Cl)cc(-c3cccc(O)c3)n2)cc1. The predicted molar refractivity (Wildman–Crippen MR) is 88.3 cm³/mol. The summed E-state index contributed by atoms with van der Waals surface area (Å²) in [6.45, 7) is 0. The van der Waals surface area contributed by atoms with Crippen molar-refractivity contribution in [3.63, 3.8) is 0 Å². The number of benzene rings is 2. The van der Waals surface area contributed by atoms with Crippen LogP contribution in [0.5, 0.6) is 11.5 Å². The molecule has 0 radical (unpaired) electrons. The Morgan fingerprint density at radius 1 is 0.909 bits per heavy atom. The Kier molecular flexibility index (Phi) is 3.98. The number of rotatable bonds is 3. The summed E-state index contributed by atoms with van der Waals surface area (Å²) in [7, 11) is 1.63. The second kappa shape index (κ2) is 6.08.